The van der Waals surface area contributed by atoms with Crippen molar-refractivity contribution in [3.05, 3.63) is 59.9 Å². The van der Waals surface area contributed by atoms with Crippen molar-refractivity contribution in [3.8, 4) is 5.75 Å². The van der Waals surface area contributed by atoms with E-state index in [2.05, 4.69) is 38.4 Å². The molecule has 1 aromatic carbocycles. The van der Waals surface area contributed by atoms with Crippen LogP contribution in [0, 0.1) is 0 Å². The lowest BCUT2D eigenvalue weighted by Crippen LogP contribution is -2.40. The molecule has 2 aromatic rings. The fraction of sp³-hybridized carbons (Fsp3) is 0.400. The van der Waals surface area contributed by atoms with Gasteiger partial charge in [-0.2, -0.15) is 0 Å². The molecule has 1 aliphatic rings. The van der Waals surface area contributed by atoms with E-state index in [0.717, 1.165) is 44.2 Å². The summed E-state index contributed by atoms with van der Waals surface area (Å²) in [5, 5.41) is 3.48. The number of nitrogens with zero attached hydrogens (tertiary/aromatic N) is 3. The number of benzene rings is 1. The number of likely N-dealkylation sites (tertiary alicyclic amines) is 1. The molecule has 1 aromatic heterocycles. The van der Waals surface area contributed by atoms with Gasteiger partial charge in [-0.25, -0.2) is 0 Å². The molecule has 0 saturated carbocycles. The van der Waals surface area contributed by atoms with Crippen molar-refractivity contribution >= 4 is 5.96 Å². The second-order valence-corrected chi connectivity index (χ2v) is 6.29. The third-order valence-corrected chi connectivity index (χ3v) is 4.71. The second-order valence-electron chi connectivity index (χ2n) is 6.29. The molecule has 5 heteroatoms. The fourth-order valence-electron chi connectivity index (χ4n) is 3.30. The quantitative estimate of drug-likeness (QED) is 0.673. The molecule has 1 fully saturated rings. The van der Waals surface area contributed by atoms with E-state index in [-0.39, 0.29) is 0 Å². The summed E-state index contributed by atoms with van der Waals surface area (Å²) < 4.78 is 5.25. The summed E-state index contributed by atoms with van der Waals surface area (Å²) in [7, 11) is 3.56. The van der Waals surface area contributed by atoms with Crippen molar-refractivity contribution in [1.82, 2.24) is 15.2 Å². The number of aliphatic imine (C=N–C) groups is 1. The highest BCUT2D eigenvalue weighted by molar-refractivity contribution is 5.80. The first-order valence-electron chi connectivity index (χ1n) is 8.78. The van der Waals surface area contributed by atoms with Crippen LogP contribution in [0.2, 0.25) is 0 Å². The number of hydrogen-bond acceptors (Lipinski definition) is 3. The van der Waals surface area contributed by atoms with Crippen LogP contribution in [0.5, 0.6) is 5.75 Å². The third-order valence-electron chi connectivity index (χ3n) is 4.71. The Morgan fingerprint density at radius 2 is 2.16 bits per heavy atom. The Balaban J connectivity index is 1.52. The smallest absolute Gasteiger partial charge is 0.193 e. The molecule has 1 atom stereocenters. The SMILES string of the molecule is CN=C(NCCc1cccnc1)N1CCC(c2ccc(OC)cc2)C1. The van der Waals surface area contributed by atoms with Gasteiger partial charge in [0.25, 0.3) is 0 Å². The van der Waals surface area contributed by atoms with Crippen LogP contribution in [-0.4, -0.2) is 49.6 Å². The first-order chi connectivity index (χ1) is 12.3. The van der Waals surface area contributed by atoms with Crippen LogP contribution in [-0.2, 0) is 6.42 Å². The molecule has 0 spiro atoms. The lowest BCUT2D eigenvalue weighted by atomic mass is 9.98. The summed E-state index contributed by atoms with van der Waals surface area (Å²) in [5.41, 5.74) is 2.61. The minimum absolute atomic E-state index is 0.544. The molecule has 0 aliphatic carbocycles. The zero-order valence-electron chi connectivity index (χ0n) is 15.0. The summed E-state index contributed by atoms with van der Waals surface area (Å²) in [6.45, 7) is 2.89. The molecule has 132 valence electrons. The van der Waals surface area contributed by atoms with E-state index in [1.165, 1.54) is 11.1 Å². The van der Waals surface area contributed by atoms with Gasteiger partial charge in [0.2, 0.25) is 0 Å². The van der Waals surface area contributed by atoms with Crippen LogP contribution >= 0.6 is 0 Å². The summed E-state index contributed by atoms with van der Waals surface area (Å²) in [6.07, 6.45) is 5.82. The molecule has 2 heterocycles. The van der Waals surface area contributed by atoms with Gasteiger partial charge in [0.15, 0.2) is 5.96 Å². The van der Waals surface area contributed by atoms with Gasteiger partial charge in [-0.3, -0.25) is 9.98 Å². The van der Waals surface area contributed by atoms with Crippen LogP contribution in [0.1, 0.15) is 23.5 Å². The maximum Gasteiger partial charge on any atom is 0.193 e. The van der Waals surface area contributed by atoms with Crippen LogP contribution in [0.25, 0.3) is 0 Å². The van der Waals surface area contributed by atoms with Gasteiger partial charge in [-0.15, -0.1) is 0 Å². The highest BCUT2D eigenvalue weighted by Gasteiger charge is 2.25. The van der Waals surface area contributed by atoms with Crippen LogP contribution in [0.4, 0.5) is 0 Å². The van der Waals surface area contributed by atoms with Crippen molar-refractivity contribution < 1.29 is 4.74 Å². The molecule has 3 rings (SSSR count). The first kappa shape index (κ1) is 17.3. The number of ether oxygens (including phenoxy) is 1. The van der Waals surface area contributed by atoms with Crippen LogP contribution < -0.4 is 10.1 Å². The van der Waals surface area contributed by atoms with Crippen LogP contribution in [0.15, 0.2) is 53.8 Å². The Labute approximate surface area is 149 Å². The average molecular weight is 338 g/mol. The summed E-state index contributed by atoms with van der Waals surface area (Å²) >= 11 is 0. The molecular formula is C20H26N4O. The van der Waals surface area contributed by atoms with E-state index in [1.807, 2.05) is 31.4 Å². The normalized spacial score (nSPS) is 17.6. The third kappa shape index (κ3) is 4.50. The van der Waals surface area contributed by atoms with E-state index in [9.17, 15) is 0 Å². The molecule has 1 unspecified atom stereocenters. The van der Waals surface area contributed by atoms with Crippen molar-refractivity contribution in [2.75, 3.05) is 33.8 Å². The van der Waals surface area contributed by atoms with Gasteiger partial charge < -0.3 is 15.0 Å². The number of rotatable bonds is 5. The Hall–Kier alpha value is -2.56. The Bertz CT molecular complexity index is 685. The Kier molecular flexibility index (Phi) is 5.88. The number of pyridine rings is 1. The predicted octanol–water partition coefficient (Wildman–Crippen LogP) is 2.70. The van der Waals surface area contributed by atoms with Gasteiger partial charge in [-0.1, -0.05) is 18.2 Å². The molecule has 5 nitrogen and oxygen atoms in total. The van der Waals surface area contributed by atoms with E-state index < -0.39 is 0 Å². The zero-order chi connectivity index (χ0) is 17.5. The average Bonchev–Trinajstić information content (AvgIpc) is 3.16. The molecule has 0 amide bonds. The molecule has 1 saturated heterocycles. The van der Waals surface area contributed by atoms with Gasteiger partial charge in [0.05, 0.1) is 7.11 Å². The second kappa shape index (κ2) is 8.51. The molecule has 25 heavy (non-hydrogen) atoms. The van der Waals surface area contributed by atoms with Gasteiger partial charge in [0, 0.05) is 45.0 Å². The number of methoxy groups -OCH3 is 1. The Morgan fingerprint density at radius 1 is 1.32 bits per heavy atom. The predicted molar refractivity (Wildman–Crippen MR) is 101 cm³/mol. The van der Waals surface area contributed by atoms with Crippen molar-refractivity contribution in [2.24, 2.45) is 4.99 Å². The van der Waals surface area contributed by atoms with E-state index in [1.54, 1.807) is 13.3 Å². The molecule has 1 N–H and O–H groups in total. The highest BCUT2D eigenvalue weighted by Crippen LogP contribution is 2.28. The lowest BCUT2D eigenvalue weighted by Gasteiger charge is -2.22. The monoisotopic (exact) mass is 338 g/mol. The molecule has 0 radical (unpaired) electrons. The van der Waals surface area contributed by atoms with Gasteiger partial charge in [-0.05, 0) is 42.2 Å². The van der Waals surface area contributed by atoms with Crippen molar-refractivity contribution in [3.63, 3.8) is 0 Å². The fourth-order valence-corrected chi connectivity index (χ4v) is 3.30. The zero-order valence-corrected chi connectivity index (χ0v) is 15.0. The van der Waals surface area contributed by atoms with Crippen molar-refractivity contribution in [2.45, 2.75) is 18.8 Å². The van der Waals surface area contributed by atoms with E-state index in [0.29, 0.717) is 5.92 Å². The number of nitrogens with one attached hydrogen (secondary N) is 1. The number of aromatic nitrogens is 1. The standard InChI is InChI=1S/C20H26N4O/c1-21-20(23-12-9-16-4-3-11-22-14-16)24-13-10-18(15-24)17-5-7-19(25-2)8-6-17/h3-8,11,14,18H,9-10,12-13,15H2,1-2H3,(H,21,23). The Morgan fingerprint density at radius 3 is 2.84 bits per heavy atom. The summed E-state index contributed by atoms with van der Waals surface area (Å²) in [4.78, 5) is 11.0. The minimum atomic E-state index is 0.544. The number of guanidine groups is 1. The van der Waals surface area contributed by atoms with E-state index >= 15 is 0 Å². The highest BCUT2D eigenvalue weighted by atomic mass is 16.5. The number of hydrogen-bond donors (Lipinski definition) is 1. The first-order valence-corrected chi connectivity index (χ1v) is 8.78. The largest absolute Gasteiger partial charge is 0.497 e. The molecular weight excluding hydrogens is 312 g/mol. The maximum absolute atomic E-state index is 5.25. The van der Waals surface area contributed by atoms with Gasteiger partial charge in [0.1, 0.15) is 5.75 Å². The van der Waals surface area contributed by atoms with Gasteiger partial charge >= 0.3 is 0 Å². The lowest BCUT2D eigenvalue weighted by molar-refractivity contribution is 0.414. The van der Waals surface area contributed by atoms with E-state index in [4.69, 9.17) is 4.74 Å². The minimum Gasteiger partial charge on any atom is -0.497 e. The topological polar surface area (TPSA) is 49.8 Å². The maximum atomic E-state index is 5.25. The summed E-state index contributed by atoms with van der Waals surface area (Å²) in [6, 6.07) is 12.5. The van der Waals surface area contributed by atoms with Crippen LogP contribution in [0.3, 0.4) is 0 Å². The molecule has 0 bridgehead atoms. The molecule has 1 aliphatic heterocycles. The summed E-state index contributed by atoms with van der Waals surface area (Å²) in [5.74, 6) is 2.44. The van der Waals surface area contributed by atoms with Crippen molar-refractivity contribution in [1.29, 1.82) is 0 Å².